The highest BCUT2D eigenvalue weighted by Crippen LogP contribution is 2.43. The summed E-state index contributed by atoms with van der Waals surface area (Å²) in [6.07, 6.45) is 7.85. The molecule has 6 atom stereocenters. The first-order valence-electron chi connectivity index (χ1n) is 18.1. The van der Waals surface area contributed by atoms with Gasteiger partial charge in [0.15, 0.2) is 0 Å². The number of carbonyl (C=O) groups excluding carboxylic acids is 1. The van der Waals surface area contributed by atoms with Crippen LogP contribution in [0.15, 0.2) is 36.4 Å². The van der Waals surface area contributed by atoms with Crippen molar-refractivity contribution in [2.45, 2.75) is 125 Å². The van der Waals surface area contributed by atoms with Crippen LogP contribution in [0.5, 0.6) is 5.75 Å². The van der Waals surface area contributed by atoms with E-state index in [9.17, 15) is 9.00 Å². The number of hydrogen-bond acceptors (Lipinski definition) is 4. The first-order valence-corrected chi connectivity index (χ1v) is 19.7. The molecule has 0 radical (unpaired) electrons. The van der Waals surface area contributed by atoms with Crippen LogP contribution in [0, 0.1) is 23.7 Å². The fourth-order valence-corrected chi connectivity index (χ4v) is 7.92. The third kappa shape index (κ3) is 11.0. The maximum Gasteiger partial charge on any atom is 0.263 e. The second-order valence-corrected chi connectivity index (χ2v) is 15.1. The van der Waals surface area contributed by atoms with E-state index in [1.807, 2.05) is 52.8 Å². The zero-order valence-electron chi connectivity index (χ0n) is 30.5. The third-order valence-electron chi connectivity index (χ3n) is 9.39. The van der Waals surface area contributed by atoms with Crippen molar-refractivity contribution >= 4 is 34.2 Å². The molecule has 1 N–H and O–H groups in total. The van der Waals surface area contributed by atoms with Gasteiger partial charge in [0.1, 0.15) is 16.7 Å². The summed E-state index contributed by atoms with van der Waals surface area (Å²) in [4.78, 5) is 15.8. The fourth-order valence-electron chi connectivity index (χ4n) is 6.68. The molecule has 0 aromatic heterocycles. The van der Waals surface area contributed by atoms with Gasteiger partial charge in [-0.3, -0.25) is 9.52 Å². The number of nitrogens with one attached hydrogen (secondary N) is 1. The van der Waals surface area contributed by atoms with Crippen LogP contribution >= 0.6 is 11.6 Å². The zero-order chi connectivity index (χ0) is 34.4. The highest BCUT2D eigenvalue weighted by molar-refractivity contribution is 7.84. The molecule has 4 rings (SSSR count). The minimum atomic E-state index is -1.45. The van der Waals surface area contributed by atoms with Crippen LogP contribution in [0.3, 0.4) is 0 Å². The highest BCUT2D eigenvalue weighted by atomic mass is 35.5. The third-order valence-corrected chi connectivity index (χ3v) is 11.1. The lowest BCUT2D eigenvalue weighted by Crippen LogP contribution is -2.40. The molecule has 1 heterocycles. The van der Waals surface area contributed by atoms with E-state index >= 15 is 0 Å². The number of carbonyl (C=O) groups is 1. The van der Waals surface area contributed by atoms with Gasteiger partial charge < -0.3 is 9.64 Å². The van der Waals surface area contributed by atoms with Gasteiger partial charge in [0.05, 0.1) is 17.5 Å². The molecule has 2 aromatic rings. The number of aryl methyl sites for hydroxylation is 1. The largest absolute Gasteiger partial charge is 0.491 e. The SMILES string of the molecule is CC.CC.CCCc1cc(Cl)ccc1C1COc2ccc(C(=O)NS(=O)C(C)C(C)CCC)cc2N(CC2CCC2CC(C)C)C1. The molecular weight excluding hydrogens is 612 g/mol. The number of anilines is 1. The lowest BCUT2D eigenvalue weighted by Gasteiger charge is -2.42. The van der Waals surface area contributed by atoms with E-state index in [1.165, 1.54) is 30.4 Å². The van der Waals surface area contributed by atoms with Gasteiger partial charge in [-0.1, -0.05) is 92.8 Å². The summed E-state index contributed by atoms with van der Waals surface area (Å²) in [5.74, 6) is 3.03. The monoisotopic (exact) mass is 674 g/mol. The number of rotatable bonds is 13. The number of hydrogen-bond donors (Lipinski definition) is 1. The van der Waals surface area contributed by atoms with Crippen LogP contribution in [0.1, 0.15) is 135 Å². The smallest absolute Gasteiger partial charge is 0.263 e. The van der Waals surface area contributed by atoms with Crippen molar-refractivity contribution in [3.05, 3.63) is 58.1 Å². The van der Waals surface area contributed by atoms with Crippen LogP contribution in [-0.2, 0) is 17.4 Å². The van der Waals surface area contributed by atoms with Crippen LogP contribution < -0.4 is 14.4 Å². The molecule has 260 valence electrons. The summed E-state index contributed by atoms with van der Waals surface area (Å²) < 4.78 is 22.3. The average molecular weight is 675 g/mol. The number of halogens is 1. The van der Waals surface area contributed by atoms with Gasteiger partial charge in [-0.05, 0) is 104 Å². The highest BCUT2D eigenvalue weighted by Gasteiger charge is 2.35. The van der Waals surface area contributed by atoms with Gasteiger partial charge in [-0.2, -0.15) is 0 Å². The van der Waals surface area contributed by atoms with E-state index in [1.54, 1.807) is 6.07 Å². The zero-order valence-corrected chi connectivity index (χ0v) is 32.0. The molecule has 6 unspecified atom stereocenters. The number of amides is 1. The van der Waals surface area contributed by atoms with Gasteiger partial charge in [-0.15, -0.1) is 0 Å². The molecule has 1 saturated carbocycles. The Morgan fingerprint density at radius 1 is 1.00 bits per heavy atom. The van der Waals surface area contributed by atoms with Crippen molar-refractivity contribution in [2.24, 2.45) is 23.7 Å². The van der Waals surface area contributed by atoms with Gasteiger partial charge >= 0.3 is 0 Å². The standard InChI is InChI=1S/C35H51ClN2O3S.2C2H6/c1-7-9-24(5)25(6)42(40)37-35(39)28-13-16-34-33(19-28)38(20-29-12-11-26(29)17-23(3)4)21-30(22-41-34)32-15-14-31(36)18-27(32)10-8-2;2*1-2/h13-16,18-19,23-26,29-30H,7-12,17,20-22H2,1-6H3,(H,37,39);2*1-2H3. The van der Waals surface area contributed by atoms with Crippen molar-refractivity contribution < 1.29 is 13.7 Å². The van der Waals surface area contributed by atoms with E-state index in [0.717, 1.165) is 61.2 Å². The second-order valence-electron chi connectivity index (χ2n) is 13.1. The number of benzene rings is 2. The van der Waals surface area contributed by atoms with Gasteiger partial charge in [0, 0.05) is 29.6 Å². The summed E-state index contributed by atoms with van der Waals surface area (Å²) >= 11 is 6.41. The van der Waals surface area contributed by atoms with Crippen molar-refractivity contribution in [3.63, 3.8) is 0 Å². The maximum atomic E-state index is 13.3. The number of fused-ring (bicyclic) bond motifs is 1. The first kappa shape index (κ1) is 40.1. The molecule has 0 saturated heterocycles. The summed E-state index contributed by atoms with van der Waals surface area (Å²) in [5, 5.41) is 0.665. The molecular formula is C39H63ClN2O3S. The quantitative estimate of drug-likeness (QED) is 0.230. The minimum absolute atomic E-state index is 0.108. The molecule has 0 bridgehead atoms. The Morgan fingerprint density at radius 3 is 2.30 bits per heavy atom. The van der Waals surface area contributed by atoms with E-state index < -0.39 is 11.0 Å². The summed E-state index contributed by atoms with van der Waals surface area (Å²) in [5.41, 5.74) is 4.08. The Bertz CT molecular complexity index is 1240. The molecule has 2 aliphatic rings. The van der Waals surface area contributed by atoms with Gasteiger partial charge in [0.25, 0.3) is 5.91 Å². The van der Waals surface area contributed by atoms with Crippen LogP contribution in [0.2, 0.25) is 5.02 Å². The van der Waals surface area contributed by atoms with Crippen molar-refractivity contribution in [1.82, 2.24) is 4.72 Å². The minimum Gasteiger partial charge on any atom is -0.491 e. The lowest BCUT2D eigenvalue weighted by molar-refractivity contribution is 0.0982. The number of nitrogens with zero attached hydrogens (tertiary/aromatic N) is 1. The second kappa shape index (κ2) is 20.3. The normalized spacial score (nSPS) is 20.7. The number of ether oxygens (including phenoxy) is 1. The van der Waals surface area contributed by atoms with Gasteiger partial charge in [-0.25, -0.2) is 4.21 Å². The summed E-state index contributed by atoms with van der Waals surface area (Å²) in [6, 6.07) is 12.0. The van der Waals surface area contributed by atoms with E-state index in [2.05, 4.69) is 56.4 Å². The predicted octanol–water partition coefficient (Wildman–Crippen LogP) is 10.6. The van der Waals surface area contributed by atoms with Crippen molar-refractivity contribution in [2.75, 3.05) is 24.6 Å². The van der Waals surface area contributed by atoms with Crippen LogP contribution in [-0.4, -0.2) is 35.1 Å². The molecule has 2 aromatic carbocycles. The van der Waals surface area contributed by atoms with Crippen molar-refractivity contribution in [1.29, 1.82) is 0 Å². The van der Waals surface area contributed by atoms with Crippen LogP contribution in [0.4, 0.5) is 5.69 Å². The molecule has 7 heteroatoms. The van der Waals surface area contributed by atoms with E-state index in [0.29, 0.717) is 24.0 Å². The Balaban J connectivity index is 0.00000177. The molecule has 46 heavy (non-hydrogen) atoms. The van der Waals surface area contributed by atoms with Crippen molar-refractivity contribution in [3.8, 4) is 5.75 Å². The fraction of sp³-hybridized carbons (Fsp3) is 0.667. The predicted molar refractivity (Wildman–Crippen MR) is 200 cm³/mol. The summed E-state index contributed by atoms with van der Waals surface area (Å²) in [7, 11) is -1.45. The Morgan fingerprint density at radius 2 is 1.70 bits per heavy atom. The molecule has 1 amide bonds. The molecule has 5 nitrogen and oxygen atoms in total. The van der Waals surface area contributed by atoms with Crippen LogP contribution in [0.25, 0.3) is 0 Å². The van der Waals surface area contributed by atoms with E-state index in [4.69, 9.17) is 16.3 Å². The first-order chi connectivity index (χ1) is 22.1. The lowest BCUT2D eigenvalue weighted by atomic mass is 9.69. The Labute approximate surface area is 289 Å². The Kier molecular flexibility index (Phi) is 17.7. The Hall–Kier alpha value is -2.05. The average Bonchev–Trinajstić information content (AvgIpc) is 3.22. The molecule has 1 aliphatic heterocycles. The molecule has 1 aliphatic carbocycles. The maximum absolute atomic E-state index is 13.3. The van der Waals surface area contributed by atoms with Gasteiger partial charge in [0.2, 0.25) is 0 Å². The summed E-state index contributed by atoms with van der Waals surface area (Å²) in [6.45, 7) is 23.4. The molecule has 1 fully saturated rings. The van der Waals surface area contributed by atoms with E-state index in [-0.39, 0.29) is 23.0 Å². The molecule has 0 spiro atoms. The topological polar surface area (TPSA) is 58.6 Å².